The first-order chi connectivity index (χ1) is 62.8. The number of amides is 16. The molecule has 15 atom stereocenters. The summed E-state index contributed by atoms with van der Waals surface area (Å²) >= 11 is 0. The fourth-order valence-corrected chi connectivity index (χ4v) is 18.4. The summed E-state index contributed by atoms with van der Waals surface area (Å²) in [6, 6.07) is -0.217. The van der Waals surface area contributed by atoms with E-state index in [2.05, 4.69) is 52.8 Å². The molecule has 41 heteroatoms. The van der Waals surface area contributed by atoms with E-state index in [1.807, 2.05) is 13.8 Å². The van der Waals surface area contributed by atoms with Gasteiger partial charge in [-0.15, -0.1) is 0 Å². The summed E-state index contributed by atoms with van der Waals surface area (Å²) < 4.78 is 1.45. The molecular formula is C91H129N21O20. The molecule has 1 spiro atoms. The van der Waals surface area contributed by atoms with Gasteiger partial charge in [0.1, 0.15) is 90.8 Å². The number of primary amides is 2. The van der Waals surface area contributed by atoms with Gasteiger partial charge in [-0.1, -0.05) is 116 Å². The number of benzene rings is 3. The summed E-state index contributed by atoms with van der Waals surface area (Å²) in [6.45, 7) is 7.58. The standard InChI is InChI=1S/C91H129N21O20/c1-9-11-23-69-82(124)100-61(36-50(3)4)79(121)105-67(77(95)119)45-96-46-75(116)98-64(38-52-27-29-55(113)30-28-52)87(129)111-35-18-17-32-91(111)90(132)112(91)73(42-74(94)115)89(131)109-34-19-26-70(109)83(125)104-66(43-93)81(123)102-63(37-51(5)6)86(128)110-48-56(114)41-72(110)84(126)101-62(39-53-44-97-59-22-15-13-20-57(53)59)80(122)99-60(31-33-92)78(120)103-65(85(127)107(8)71(24-12-10-2)88(130)106(69)7)40-54-47-108(49-76(117)118)68-25-16-14-21-58(54)68/h13-16,20-22,25,27-30,44,47,50-51,56,60-67,69-73,96-97,113-114H,9-12,17-19,23-24,26,31-43,45-46,48-49,92-93H2,1-8H3,(H2,94,115)(H2,95,119)(H,98,116)(H,99,122)(H,100,124)(H,101,126)(H,102,123)(H,103,120)(H,104,125)(H,105,121)(H,117,118)/t56-,60+,61+,62+,63+,64+,65+,66+,67+,69+,70+,71+,72+,73+,91-,112?/m1/s1. The highest BCUT2D eigenvalue weighted by molar-refractivity contribution is 6.10. The number of aliphatic hydroxyl groups is 1. The number of nitrogens with one attached hydrogen (secondary N) is 10. The molecule has 0 radical (unpaired) electrons. The number of nitrogens with zero attached hydrogens (tertiary/aromatic N) is 7. The van der Waals surface area contributed by atoms with Gasteiger partial charge in [0.05, 0.1) is 19.1 Å². The number of carboxylic acids is 1. The van der Waals surface area contributed by atoms with Crippen LogP contribution in [0.15, 0.2) is 85.2 Å². The second-order valence-corrected chi connectivity index (χ2v) is 35.9. The number of aliphatic carboxylic acids is 1. The number of carboxylic acid groups (broad SMARTS) is 1. The summed E-state index contributed by atoms with van der Waals surface area (Å²) in [7, 11) is 2.73. The third-order valence-corrected chi connectivity index (χ3v) is 25.2. The number of H-pyrrole nitrogens is 1. The van der Waals surface area contributed by atoms with Gasteiger partial charge in [-0.05, 0) is 124 Å². The van der Waals surface area contributed by atoms with Crippen molar-refractivity contribution in [2.75, 3.05) is 59.9 Å². The topological polar surface area (TPSA) is 603 Å². The van der Waals surface area contributed by atoms with Crippen LogP contribution in [0.5, 0.6) is 5.75 Å². The second kappa shape index (κ2) is 46.0. The van der Waals surface area contributed by atoms with E-state index in [-0.39, 0.29) is 114 Å². The van der Waals surface area contributed by atoms with Crippen LogP contribution in [0.25, 0.3) is 21.8 Å². The summed E-state index contributed by atoms with van der Waals surface area (Å²) in [5, 5.41) is 57.6. The number of piperidine rings is 1. The summed E-state index contributed by atoms with van der Waals surface area (Å²) in [4.78, 5) is 261. The minimum Gasteiger partial charge on any atom is -0.508 e. The fraction of sp³-hybridized carbons (Fsp3) is 0.571. The summed E-state index contributed by atoms with van der Waals surface area (Å²) in [6.07, 6.45) is 1.87. The zero-order valence-corrected chi connectivity index (χ0v) is 76.1. The molecule has 3 aromatic carbocycles. The molecule has 718 valence electrons. The number of para-hydroxylation sites is 2. The summed E-state index contributed by atoms with van der Waals surface area (Å²) in [5.74, 6) is -16.4. The largest absolute Gasteiger partial charge is 0.508 e. The molecule has 0 unspecified atom stereocenters. The van der Waals surface area contributed by atoms with E-state index in [1.165, 1.54) is 58.9 Å². The lowest BCUT2D eigenvalue weighted by Gasteiger charge is -2.39. The van der Waals surface area contributed by atoms with Crippen LogP contribution in [0.2, 0.25) is 0 Å². The van der Waals surface area contributed by atoms with Crippen LogP contribution in [0.1, 0.15) is 161 Å². The molecule has 5 saturated heterocycles. The Balaban J connectivity index is 1.02. The van der Waals surface area contributed by atoms with Gasteiger partial charge < -0.3 is 120 Å². The maximum absolute atomic E-state index is 15.9. The van der Waals surface area contributed by atoms with Crippen molar-refractivity contribution in [3.05, 3.63) is 102 Å². The number of rotatable bonds is 24. The van der Waals surface area contributed by atoms with Crippen LogP contribution >= 0.6 is 0 Å². The fourth-order valence-electron chi connectivity index (χ4n) is 18.4. The smallest absolute Gasteiger partial charge is 0.323 e. The molecule has 2 aromatic heterocycles. The van der Waals surface area contributed by atoms with Crippen molar-refractivity contribution in [1.82, 2.24) is 86.8 Å². The summed E-state index contributed by atoms with van der Waals surface area (Å²) in [5.41, 5.74) is 24.8. The Hall–Kier alpha value is -12.6. The van der Waals surface area contributed by atoms with Gasteiger partial charge in [0.15, 0.2) is 5.66 Å². The third kappa shape index (κ3) is 24.8. The molecule has 5 fully saturated rings. The predicted octanol–water partition coefficient (Wildman–Crippen LogP) is -1.91. The van der Waals surface area contributed by atoms with Crippen LogP contribution in [-0.2, 0) is 107 Å². The van der Waals surface area contributed by atoms with Crippen LogP contribution in [0.4, 0.5) is 0 Å². The van der Waals surface area contributed by atoms with Crippen LogP contribution in [0.3, 0.4) is 0 Å². The Morgan fingerprint density at radius 2 is 1.14 bits per heavy atom. The van der Waals surface area contributed by atoms with E-state index >= 15 is 43.2 Å². The Bertz CT molecular complexity index is 5060. The minimum absolute atomic E-state index is 0.000933. The van der Waals surface area contributed by atoms with Gasteiger partial charge in [-0.3, -0.25) is 86.4 Å². The Labute approximate surface area is 765 Å². The van der Waals surface area contributed by atoms with Crippen molar-refractivity contribution in [2.45, 2.75) is 260 Å². The van der Waals surface area contributed by atoms with E-state index in [0.29, 0.717) is 77.0 Å². The van der Waals surface area contributed by atoms with Gasteiger partial charge >= 0.3 is 5.97 Å². The van der Waals surface area contributed by atoms with E-state index in [9.17, 15) is 53.7 Å². The van der Waals surface area contributed by atoms with Gasteiger partial charge in [0.2, 0.25) is 88.6 Å². The average Bonchev–Trinajstić information content (AvgIpc) is 1.52. The molecule has 0 aliphatic carbocycles. The number of likely N-dealkylation sites (N-methyl/N-ethyl adjacent to an activating group) is 2. The molecule has 16 amide bonds. The molecule has 5 aliphatic rings. The number of aromatic hydroxyl groups is 1. The average molecular weight is 1840 g/mol. The number of nitrogens with two attached hydrogens (primary N) is 4. The minimum atomic E-state index is -1.90. The highest BCUT2D eigenvalue weighted by Gasteiger charge is 2.72. The van der Waals surface area contributed by atoms with Crippen molar-refractivity contribution >= 4 is 122 Å². The van der Waals surface area contributed by atoms with Crippen molar-refractivity contribution in [3.8, 4) is 5.75 Å². The number of phenols is 1. The highest BCUT2D eigenvalue weighted by Crippen LogP contribution is 2.48. The molecule has 0 bridgehead atoms. The van der Waals surface area contributed by atoms with E-state index in [1.54, 1.807) is 82.4 Å². The number of hydrogen-bond acceptors (Lipinski definition) is 22. The van der Waals surface area contributed by atoms with Crippen molar-refractivity contribution in [2.24, 2.45) is 34.8 Å². The first-order valence-electron chi connectivity index (χ1n) is 45.5. The molecule has 5 aliphatic heterocycles. The quantitative estimate of drug-likeness (QED) is 0.0300. The van der Waals surface area contributed by atoms with Crippen LogP contribution in [-0.4, -0.2) is 305 Å². The SMILES string of the molecule is CCCC[C@H]1C(=O)N(C)[C@@H](CCCC)C(=O)N[C@@H](CC(C)C)C(=O)N[C@H](C(N)=O)CNCC(=O)N[C@@H](Cc2ccc(O)cc2)C(=O)N2CCCC[C@@]23C(=O)N3[C@@H](CC(N)=O)C(=O)N2CCC[C@H]2C(=O)N[C@@H](CN)C(=O)N[C@@H](CC(C)C)C(=O)N2C[C@H](O)C[C@H]2C(=O)N[C@@H](Cc2c[nH]c3ccccc23)C(=O)N[C@@H](CCN)C(=O)N[C@@H](Cc2cn(CC(=O)O)c3ccccc23)C(=O)N1C. The normalized spacial score (nSPS) is 26.5. The maximum atomic E-state index is 15.9. The van der Waals surface area contributed by atoms with Crippen LogP contribution < -0.4 is 70.8 Å². The monoisotopic (exact) mass is 1840 g/mol. The lowest BCUT2D eigenvalue weighted by atomic mass is 9.97. The van der Waals surface area contributed by atoms with Crippen LogP contribution in [0, 0.1) is 11.8 Å². The number of carbonyl (C=O) groups excluding carboxylic acids is 16. The van der Waals surface area contributed by atoms with E-state index in [0.717, 1.165) is 19.6 Å². The number of aromatic amines is 1. The number of hydrogen-bond donors (Lipinski definition) is 17. The molecule has 41 nitrogen and oxygen atoms in total. The number of unbranched alkanes of at least 4 members (excludes halogenated alkanes) is 2. The number of fused-ring (bicyclic) bond motifs is 4. The Kier molecular flexibility index (Phi) is 35.3. The van der Waals surface area contributed by atoms with Gasteiger partial charge in [0, 0.05) is 107 Å². The van der Waals surface area contributed by atoms with Crippen molar-refractivity contribution < 1.29 is 96.8 Å². The second-order valence-electron chi connectivity index (χ2n) is 35.9. The molecule has 10 rings (SSSR count). The number of aliphatic hydroxyl groups excluding tert-OH is 1. The first kappa shape index (κ1) is 101. The lowest BCUT2D eigenvalue weighted by molar-refractivity contribution is -0.149. The van der Waals surface area contributed by atoms with Crippen molar-refractivity contribution in [1.29, 1.82) is 0 Å². The van der Waals surface area contributed by atoms with E-state index in [4.69, 9.17) is 22.9 Å². The molecular weight excluding hydrogens is 1710 g/mol. The molecule has 5 aromatic rings. The Morgan fingerprint density at radius 3 is 1.80 bits per heavy atom. The predicted molar refractivity (Wildman–Crippen MR) is 482 cm³/mol. The van der Waals surface area contributed by atoms with Gasteiger partial charge in [-0.25, -0.2) is 0 Å². The number of phenolic OH excluding ortho intramolecular Hbond substituents is 1. The molecule has 21 N–H and O–H groups in total. The van der Waals surface area contributed by atoms with Gasteiger partial charge in [0.25, 0.3) is 5.91 Å². The Morgan fingerprint density at radius 1 is 0.553 bits per heavy atom. The lowest BCUT2D eigenvalue weighted by Crippen LogP contribution is -2.62. The molecule has 0 saturated carbocycles. The maximum Gasteiger partial charge on any atom is 0.323 e. The van der Waals surface area contributed by atoms with Gasteiger partial charge in [-0.2, -0.15) is 0 Å². The molecule has 132 heavy (non-hydrogen) atoms. The first-order valence-corrected chi connectivity index (χ1v) is 45.5. The highest BCUT2D eigenvalue weighted by atomic mass is 16.4. The molecule has 7 heterocycles. The zero-order valence-electron chi connectivity index (χ0n) is 76.1. The zero-order chi connectivity index (χ0) is 96.3. The van der Waals surface area contributed by atoms with Crippen molar-refractivity contribution in [3.63, 3.8) is 0 Å². The third-order valence-electron chi connectivity index (χ3n) is 25.2. The number of aromatic nitrogens is 2. The van der Waals surface area contributed by atoms with E-state index < -0.39 is 230 Å². The number of carbonyl (C=O) groups is 17.